The van der Waals surface area contributed by atoms with Gasteiger partial charge in [-0.15, -0.1) is 0 Å². The molecule has 1 saturated heterocycles. The van der Waals surface area contributed by atoms with Crippen LogP contribution in [0.2, 0.25) is 0 Å². The monoisotopic (exact) mass is 553 g/mol. The second kappa shape index (κ2) is 11.3. The Kier molecular flexibility index (Phi) is 7.45. The Labute approximate surface area is 239 Å². The average molecular weight is 554 g/mol. The van der Waals surface area contributed by atoms with E-state index in [1.165, 1.54) is 16.5 Å². The number of aromatic nitrogens is 3. The summed E-state index contributed by atoms with van der Waals surface area (Å²) in [6.07, 6.45) is 3.91. The molecule has 1 N–H and O–H groups in total. The lowest BCUT2D eigenvalue weighted by molar-refractivity contribution is 0.249. The summed E-state index contributed by atoms with van der Waals surface area (Å²) in [7, 11) is 3.33. The van der Waals surface area contributed by atoms with E-state index in [9.17, 15) is 0 Å². The topological polar surface area (TPSA) is 66.5 Å². The number of rotatable bonds is 8. The van der Waals surface area contributed by atoms with Gasteiger partial charge in [-0.25, -0.2) is 9.97 Å². The SMILES string of the molecule is COc1ccc(-c2[nH]c3ccc(-c4cnc(N5CCN(Cc6ccsc6)CC5)nc4)cc3c2C(C)C)cc1OC. The Morgan fingerprint density at radius 2 is 1.62 bits per heavy atom. The fraction of sp³-hybridized carbons (Fsp3) is 0.312. The first kappa shape index (κ1) is 26.3. The van der Waals surface area contributed by atoms with Gasteiger partial charge >= 0.3 is 0 Å². The second-order valence-electron chi connectivity index (χ2n) is 10.6. The minimum Gasteiger partial charge on any atom is -0.493 e. The van der Waals surface area contributed by atoms with Crippen molar-refractivity contribution >= 4 is 28.2 Å². The molecule has 1 aliphatic rings. The quantitative estimate of drug-likeness (QED) is 0.228. The molecule has 1 fully saturated rings. The summed E-state index contributed by atoms with van der Waals surface area (Å²) in [4.78, 5) is 18.0. The lowest BCUT2D eigenvalue weighted by Gasteiger charge is -2.34. The van der Waals surface area contributed by atoms with Crippen LogP contribution >= 0.6 is 11.3 Å². The van der Waals surface area contributed by atoms with E-state index in [1.54, 1.807) is 25.6 Å². The van der Waals surface area contributed by atoms with E-state index in [2.05, 4.69) is 69.7 Å². The van der Waals surface area contributed by atoms with E-state index in [0.717, 1.165) is 78.1 Å². The van der Waals surface area contributed by atoms with Gasteiger partial charge in [0.1, 0.15) is 0 Å². The summed E-state index contributed by atoms with van der Waals surface area (Å²) in [6, 6.07) is 14.8. The summed E-state index contributed by atoms with van der Waals surface area (Å²) in [5.74, 6) is 2.57. The molecule has 40 heavy (non-hydrogen) atoms. The van der Waals surface area contributed by atoms with Crippen LogP contribution in [0.5, 0.6) is 11.5 Å². The van der Waals surface area contributed by atoms with E-state index in [1.807, 2.05) is 24.5 Å². The van der Waals surface area contributed by atoms with E-state index < -0.39 is 0 Å². The molecule has 6 rings (SSSR count). The molecular weight excluding hydrogens is 518 g/mol. The first-order valence-corrected chi connectivity index (χ1v) is 14.7. The van der Waals surface area contributed by atoms with Crippen molar-refractivity contribution in [1.29, 1.82) is 0 Å². The summed E-state index contributed by atoms with van der Waals surface area (Å²) >= 11 is 1.76. The lowest BCUT2D eigenvalue weighted by Crippen LogP contribution is -2.46. The molecule has 2 aromatic carbocycles. The predicted molar refractivity (Wildman–Crippen MR) is 164 cm³/mol. The van der Waals surface area contributed by atoms with Crippen LogP contribution in [0.25, 0.3) is 33.3 Å². The van der Waals surface area contributed by atoms with Gasteiger partial charge in [0.15, 0.2) is 11.5 Å². The van der Waals surface area contributed by atoms with Crippen LogP contribution in [-0.4, -0.2) is 60.3 Å². The third-order valence-electron chi connectivity index (χ3n) is 7.70. The molecule has 0 unspecified atom stereocenters. The molecule has 8 heteroatoms. The number of H-pyrrole nitrogens is 1. The standard InChI is InChI=1S/C32H35N5O2S/c1-21(2)30-26-15-23(5-7-27(26)35-31(30)24-6-8-28(38-3)29(16-24)39-4)25-17-33-32(34-18-25)37-12-10-36(11-13-37)19-22-9-14-40-20-22/h5-9,14-18,20-21,35H,10-13,19H2,1-4H3. The van der Waals surface area contributed by atoms with Gasteiger partial charge < -0.3 is 19.4 Å². The van der Waals surface area contributed by atoms with Crippen molar-refractivity contribution < 1.29 is 9.47 Å². The molecule has 0 spiro atoms. The highest BCUT2D eigenvalue weighted by Gasteiger charge is 2.21. The summed E-state index contributed by atoms with van der Waals surface area (Å²) < 4.78 is 11.0. The third-order valence-corrected chi connectivity index (χ3v) is 8.43. The molecule has 0 amide bonds. The molecule has 0 aliphatic carbocycles. The molecule has 0 atom stereocenters. The molecule has 0 bridgehead atoms. The maximum Gasteiger partial charge on any atom is 0.225 e. The summed E-state index contributed by atoms with van der Waals surface area (Å²) in [5, 5.41) is 5.60. The Morgan fingerprint density at radius 3 is 2.30 bits per heavy atom. The number of aromatic amines is 1. The van der Waals surface area contributed by atoms with Crippen LogP contribution in [-0.2, 0) is 6.54 Å². The van der Waals surface area contributed by atoms with Crippen molar-refractivity contribution in [2.45, 2.75) is 26.3 Å². The smallest absolute Gasteiger partial charge is 0.225 e. The summed E-state index contributed by atoms with van der Waals surface area (Å²) in [5.41, 5.74) is 8.09. The maximum atomic E-state index is 5.57. The van der Waals surface area contributed by atoms with Crippen LogP contribution < -0.4 is 14.4 Å². The number of benzene rings is 2. The maximum absolute atomic E-state index is 5.57. The third kappa shape index (κ3) is 5.17. The van der Waals surface area contributed by atoms with E-state index in [4.69, 9.17) is 19.4 Å². The van der Waals surface area contributed by atoms with Gasteiger partial charge in [-0.05, 0) is 69.8 Å². The molecule has 4 heterocycles. The van der Waals surface area contributed by atoms with Crippen molar-refractivity contribution in [3.05, 3.63) is 76.7 Å². The van der Waals surface area contributed by atoms with Crippen molar-refractivity contribution in [3.8, 4) is 33.9 Å². The number of anilines is 1. The molecule has 7 nitrogen and oxygen atoms in total. The minimum absolute atomic E-state index is 0.323. The van der Waals surface area contributed by atoms with Crippen molar-refractivity contribution in [2.75, 3.05) is 45.3 Å². The van der Waals surface area contributed by atoms with Gasteiger partial charge in [0.2, 0.25) is 5.95 Å². The van der Waals surface area contributed by atoms with Crippen LogP contribution in [0.4, 0.5) is 5.95 Å². The van der Waals surface area contributed by atoms with Gasteiger partial charge in [0.05, 0.1) is 19.9 Å². The highest BCUT2D eigenvalue weighted by atomic mass is 32.1. The first-order chi connectivity index (χ1) is 19.5. The van der Waals surface area contributed by atoms with Gasteiger partial charge in [-0.1, -0.05) is 19.9 Å². The second-order valence-corrected chi connectivity index (χ2v) is 11.3. The zero-order valence-corrected chi connectivity index (χ0v) is 24.3. The van der Waals surface area contributed by atoms with E-state index in [-0.39, 0.29) is 0 Å². The molecular formula is C32H35N5O2S. The van der Waals surface area contributed by atoms with E-state index >= 15 is 0 Å². The lowest BCUT2D eigenvalue weighted by atomic mass is 9.94. The Morgan fingerprint density at radius 1 is 0.875 bits per heavy atom. The van der Waals surface area contributed by atoms with Crippen LogP contribution in [0, 0.1) is 0 Å². The number of nitrogens with one attached hydrogen (secondary N) is 1. The van der Waals surface area contributed by atoms with E-state index in [0.29, 0.717) is 5.92 Å². The fourth-order valence-corrected chi connectivity index (χ4v) is 6.25. The Bertz CT molecular complexity index is 1590. The molecule has 3 aromatic heterocycles. The number of thiophene rings is 1. The zero-order valence-electron chi connectivity index (χ0n) is 23.5. The Hall–Kier alpha value is -3.88. The number of fused-ring (bicyclic) bond motifs is 1. The van der Waals surface area contributed by atoms with Crippen LogP contribution in [0.15, 0.2) is 65.6 Å². The molecule has 0 saturated carbocycles. The summed E-state index contributed by atoms with van der Waals surface area (Å²) in [6.45, 7) is 9.40. The highest BCUT2D eigenvalue weighted by molar-refractivity contribution is 7.07. The normalized spacial score (nSPS) is 14.3. The number of nitrogens with zero attached hydrogens (tertiary/aromatic N) is 4. The van der Waals surface area contributed by atoms with Crippen molar-refractivity contribution in [1.82, 2.24) is 19.9 Å². The van der Waals surface area contributed by atoms with Crippen molar-refractivity contribution in [2.24, 2.45) is 0 Å². The number of ether oxygens (including phenoxy) is 2. The highest BCUT2D eigenvalue weighted by Crippen LogP contribution is 2.40. The fourth-order valence-electron chi connectivity index (χ4n) is 5.59. The zero-order chi connectivity index (χ0) is 27.6. The predicted octanol–water partition coefficient (Wildman–Crippen LogP) is 6.82. The number of hydrogen-bond acceptors (Lipinski definition) is 7. The molecule has 5 aromatic rings. The Balaban J connectivity index is 1.23. The molecule has 206 valence electrons. The van der Waals surface area contributed by atoms with Gasteiger partial charge in [-0.3, -0.25) is 4.90 Å². The van der Waals surface area contributed by atoms with Gasteiger partial charge in [-0.2, -0.15) is 11.3 Å². The van der Waals surface area contributed by atoms with Crippen molar-refractivity contribution in [3.63, 3.8) is 0 Å². The molecule has 0 radical (unpaired) electrons. The van der Waals surface area contributed by atoms with Gasteiger partial charge in [0, 0.05) is 67.1 Å². The van der Waals surface area contributed by atoms with Crippen LogP contribution in [0.1, 0.15) is 30.9 Å². The van der Waals surface area contributed by atoms with Crippen LogP contribution in [0.3, 0.4) is 0 Å². The largest absolute Gasteiger partial charge is 0.493 e. The number of methoxy groups -OCH3 is 2. The number of piperazine rings is 1. The minimum atomic E-state index is 0.323. The molecule has 1 aliphatic heterocycles. The number of hydrogen-bond donors (Lipinski definition) is 1. The first-order valence-electron chi connectivity index (χ1n) is 13.7. The average Bonchev–Trinajstić information content (AvgIpc) is 3.65. The van der Waals surface area contributed by atoms with Gasteiger partial charge in [0.25, 0.3) is 0 Å².